The van der Waals surface area contributed by atoms with E-state index in [-0.39, 0.29) is 33.0 Å². The van der Waals surface area contributed by atoms with E-state index in [1.807, 2.05) is 5.32 Å². The van der Waals surface area contributed by atoms with Crippen molar-refractivity contribution in [1.29, 1.82) is 0 Å². The van der Waals surface area contributed by atoms with Gasteiger partial charge in [-0.2, -0.15) is 13.2 Å². The molecule has 2 aromatic rings. The van der Waals surface area contributed by atoms with Crippen molar-refractivity contribution in [2.24, 2.45) is 5.73 Å². The summed E-state index contributed by atoms with van der Waals surface area (Å²) in [6.45, 7) is 0.269. The van der Waals surface area contributed by atoms with E-state index in [9.17, 15) is 36.3 Å². The third kappa shape index (κ3) is 4.52. The average molecular weight is 451 g/mol. The van der Waals surface area contributed by atoms with Gasteiger partial charge in [0.15, 0.2) is 0 Å². The van der Waals surface area contributed by atoms with Crippen LogP contribution in [0.1, 0.15) is 17.3 Å². The molecule has 29 heavy (non-hydrogen) atoms. The number of hydrogen-bond donors (Lipinski definition) is 3. The largest absolute Gasteiger partial charge is 0.426 e. The van der Waals surface area contributed by atoms with Crippen LogP contribution in [0.15, 0.2) is 52.3 Å². The van der Waals surface area contributed by atoms with E-state index in [0.717, 1.165) is 30.3 Å². The van der Waals surface area contributed by atoms with Crippen molar-refractivity contribution in [3.63, 3.8) is 0 Å². The summed E-state index contributed by atoms with van der Waals surface area (Å²) in [5.41, 5.74) is 1.18. The molecular weight excluding hydrogens is 437 g/mol. The van der Waals surface area contributed by atoms with E-state index < -0.39 is 33.4 Å². The van der Waals surface area contributed by atoms with Crippen molar-refractivity contribution in [2.45, 2.75) is 28.5 Å². The van der Waals surface area contributed by atoms with E-state index in [4.69, 9.17) is 17.3 Å². The number of amides is 2. The quantitative estimate of drug-likeness (QED) is 0.645. The predicted octanol–water partition coefficient (Wildman–Crippen LogP) is 2.52. The van der Waals surface area contributed by atoms with Gasteiger partial charge in [0.05, 0.1) is 20.5 Å². The van der Waals surface area contributed by atoms with Crippen LogP contribution in [0, 0.1) is 0 Å². The maximum absolute atomic E-state index is 12.7. The molecule has 0 aromatic heterocycles. The molecule has 7 nitrogen and oxygen atoms in total. The van der Waals surface area contributed by atoms with Crippen molar-refractivity contribution in [1.82, 2.24) is 0 Å². The van der Waals surface area contributed by atoms with Crippen molar-refractivity contribution in [2.75, 3.05) is 5.32 Å². The Kier molecular flexibility index (Phi) is 5.98. The molecule has 4 N–H and O–H groups in total. The molecule has 0 unspecified atom stereocenters. The third-order valence-electron chi connectivity index (χ3n) is 3.94. The minimum absolute atomic E-state index is 0.0942. The van der Waals surface area contributed by atoms with Crippen LogP contribution in [-0.4, -0.2) is 37.1 Å². The lowest BCUT2D eigenvalue weighted by Crippen LogP contribution is -2.52. The molecule has 1 atom stereocenters. The van der Waals surface area contributed by atoms with Crippen molar-refractivity contribution in [3.05, 3.63) is 53.1 Å². The Morgan fingerprint density at radius 2 is 1.59 bits per heavy atom. The van der Waals surface area contributed by atoms with Gasteiger partial charge in [-0.05, 0) is 49.4 Å². The number of anilines is 1. The van der Waals surface area contributed by atoms with Crippen LogP contribution in [0.4, 0.5) is 18.9 Å². The Morgan fingerprint density at radius 1 is 1.07 bits per heavy atom. The highest BCUT2D eigenvalue weighted by Crippen LogP contribution is 2.33. The molecule has 2 rings (SSSR count). The zero-order valence-electron chi connectivity index (χ0n) is 14.6. The molecular formula is C17H14ClF3N2O5S. The monoisotopic (exact) mass is 450 g/mol. The zero-order valence-corrected chi connectivity index (χ0v) is 16.2. The molecule has 0 spiro atoms. The summed E-state index contributed by atoms with van der Waals surface area (Å²) < 4.78 is 63.4. The summed E-state index contributed by atoms with van der Waals surface area (Å²) in [5, 5.41) is 10.8. The average Bonchev–Trinajstić information content (AvgIpc) is 2.62. The molecule has 0 saturated heterocycles. The fraction of sp³-hybridized carbons (Fsp3) is 0.176. The van der Waals surface area contributed by atoms with Crippen LogP contribution >= 0.6 is 11.6 Å². The number of carbonyl (C=O) groups is 2. The van der Waals surface area contributed by atoms with Crippen LogP contribution in [-0.2, 0) is 14.6 Å². The molecule has 0 aliphatic rings. The molecule has 0 aliphatic carbocycles. The van der Waals surface area contributed by atoms with Gasteiger partial charge in [-0.1, -0.05) is 11.6 Å². The van der Waals surface area contributed by atoms with Gasteiger partial charge in [0.25, 0.3) is 5.91 Å². The minimum Gasteiger partial charge on any atom is -0.373 e. The van der Waals surface area contributed by atoms with Crippen molar-refractivity contribution < 1.29 is 36.3 Å². The molecule has 0 radical (unpaired) electrons. The number of primary amides is 1. The first-order valence-corrected chi connectivity index (χ1v) is 9.59. The summed E-state index contributed by atoms with van der Waals surface area (Å²) in [4.78, 5) is 22.3. The second kappa shape index (κ2) is 7.65. The van der Waals surface area contributed by atoms with Gasteiger partial charge in [-0.15, -0.1) is 0 Å². The molecule has 0 fully saturated rings. The Balaban J connectivity index is 2.33. The first-order chi connectivity index (χ1) is 13.2. The number of rotatable bonds is 5. The zero-order chi connectivity index (χ0) is 22.2. The summed E-state index contributed by atoms with van der Waals surface area (Å²) in [6.07, 6.45) is -5.23. The van der Waals surface area contributed by atoms with E-state index in [0.29, 0.717) is 0 Å². The maximum atomic E-state index is 12.7. The number of sulfone groups is 1. The highest BCUT2D eigenvalue weighted by molar-refractivity contribution is 7.91. The summed E-state index contributed by atoms with van der Waals surface area (Å²) in [7, 11) is -4.08. The second-order valence-electron chi connectivity index (χ2n) is 6.06. The number of halogens is 4. The Hall–Kier alpha value is -2.63. The lowest BCUT2D eigenvalue weighted by molar-refractivity contribution is -0.242. The van der Waals surface area contributed by atoms with Crippen molar-refractivity contribution >= 4 is 38.9 Å². The second-order valence-corrected chi connectivity index (χ2v) is 8.41. The fourth-order valence-electron chi connectivity index (χ4n) is 2.07. The highest BCUT2D eigenvalue weighted by atomic mass is 35.5. The molecule has 2 amide bonds. The topological polar surface area (TPSA) is 127 Å². The molecule has 12 heteroatoms. The smallest absolute Gasteiger partial charge is 0.373 e. The van der Waals surface area contributed by atoms with E-state index in [1.165, 1.54) is 12.1 Å². The third-order valence-corrected chi connectivity index (χ3v) is 6.02. The van der Waals surface area contributed by atoms with Gasteiger partial charge in [0.2, 0.25) is 21.3 Å². The number of nitrogens with two attached hydrogens (primary N) is 1. The normalized spacial score (nSPS) is 14.1. The van der Waals surface area contributed by atoms with Gasteiger partial charge in [0.1, 0.15) is 0 Å². The van der Waals surface area contributed by atoms with Gasteiger partial charge >= 0.3 is 6.18 Å². The molecule has 0 bridgehead atoms. The molecule has 156 valence electrons. The predicted molar refractivity (Wildman–Crippen MR) is 97.2 cm³/mol. The lowest BCUT2D eigenvalue weighted by atomic mass is 10.1. The molecule has 2 aromatic carbocycles. The number of alkyl halides is 3. The SMILES string of the molecule is C[C@@](O)(C(=O)Nc1ccc(S(=O)(=O)c2ccc(C(N)=O)cc2)cc1Cl)C(F)(F)F. The van der Waals surface area contributed by atoms with Crippen LogP contribution in [0.5, 0.6) is 0 Å². The van der Waals surface area contributed by atoms with Gasteiger partial charge < -0.3 is 16.2 Å². The van der Waals surface area contributed by atoms with Crippen LogP contribution in [0.25, 0.3) is 0 Å². The number of carbonyl (C=O) groups excluding carboxylic acids is 2. The Bertz CT molecular complexity index is 1070. The molecule has 0 aliphatic heterocycles. The minimum atomic E-state index is -5.23. The molecule has 0 heterocycles. The van der Waals surface area contributed by atoms with Gasteiger partial charge in [-0.3, -0.25) is 9.59 Å². The van der Waals surface area contributed by atoms with Gasteiger partial charge in [-0.25, -0.2) is 8.42 Å². The van der Waals surface area contributed by atoms with Crippen molar-refractivity contribution in [3.8, 4) is 0 Å². The maximum Gasteiger partial charge on any atom is 0.426 e. The first-order valence-electron chi connectivity index (χ1n) is 7.73. The Morgan fingerprint density at radius 3 is 2.03 bits per heavy atom. The van der Waals surface area contributed by atoms with E-state index in [2.05, 4.69) is 0 Å². The summed E-state index contributed by atoms with van der Waals surface area (Å²) >= 11 is 5.89. The number of aliphatic hydroxyl groups is 1. The molecule has 0 saturated carbocycles. The number of hydrogen-bond acceptors (Lipinski definition) is 5. The summed E-state index contributed by atoms with van der Waals surface area (Å²) in [5.74, 6) is -2.53. The summed E-state index contributed by atoms with van der Waals surface area (Å²) in [6, 6.07) is 7.66. The van der Waals surface area contributed by atoms with Crippen LogP contribution < -0.4 is 11.1 Å². The highest BCUT2D eigenvalue weighted by Gasteiger charge is 2.55. The number of nitrogens with one attached hydrogen (secondary N) is 1. The van der Waals surface area contributed by atoms with Crippen LogP contribution in [0.2, 0.25) is 5.02 Å². The van der Waals surface area contributed by atoms with E-state index in [1.54, 1.807) is 0 Å². The lowest BCUT2D eigenvalue weighted by Gasteiger charge is -2.25. The fourth-order valence-corrected chi connectivity index (χ4v) is 3.65. The number of benzene rings is 2. The Labute approximate surface area is 168 Å². The standard InChI is InChI=1S/C17H14ClF3N2O5S/c1-16(26,17(19,20)21)15(25)23-13-7-6-11(8-12(13)18)29(27,28)10-4-2-9(3-5-10)14(22)24/h2-8,26H,1H3,(H2,22,24)(H,23,25)/t16-/m1/s1. The van der Waals surface area contributed by atoms with Crippen LogP contribution in [0.3, 0.4) is 0 Å². The first kappa shape index (κ1) is 22.7. The van der Waals surface area contributed by atoms with E-state index >= 15 is 0 Å². The van der Waals surface area contributed by atoms with Gasteiger partial charge in [0, 0.05) is 5.56 Å².